The van der Waals surface area contributed by atoms with Crippen LogP contribution in [0.3, 0.4) is 0 Å². The van der Waals surface area contributed by atoms with Crippen LogP contribution in [0.4, 0.5) is 0 Å². The lowest BCUT2D eigenvalue weighted by Gasteiger charge is -2.15. The molecule has 0 aliphatic heterocycles. The molecule has 1 N–H and O–H groups in total. The van der Waals surface area contributed by atoms with Gasteiger partial charge in [0.25, 0.3) is 0 Å². The first-order valence-corrected chi connectivity index (χ1v) is 6.33. The van der Waals surface area contributed by atoms with E-state index in [1.807, 2.05) is 13.0 Å². The first-order chi connectivity index (χ1) is 8.25. The van der Waals surface area contributed by atoms with Crippen LogP contribution >= 0.6 is 12.2 Å². The summed E-state index contributed by atoms with van der Waals surface area (Å²) in [7, 11) is 0. The van der Waals surface area contributed by atoms with Crippen molar-refractivity contribution in [1.82, 2.24) is 9.97 Å². The molecule has 0 amide bonds. The molecule has 0 spiro atoms. The quantitative estimate of drug-likeness (QED) is 0.782. The lowest BCUT2D eigenvalue weighted by molar-refractivity contribution is 0.572. The molecule has 0 aromatic carbocycles. The molecule has 0 saturated heterocycles. The minimum absolute atomic E-state index is 0.726. The number of aryl methyl sites for hydroxylation is 2. The number of aromatic nitrogens is 2. The van der Waals surface area contributed by atoms with E-state index in [1.54, 1.807) is 6.26 Å². The van der Waals surface area contributed by atoms with Crippen molar-refractivity contribution in [3.8, 4) is 11.6 Å². The highest BCUT2D eigenvalue weighted by atomic mass is 32.1. The summed E-state index contributed by atoms with van der Waals surface area (Å²) >= 11 is 5.37. The molecule has 2 aromatic rings. The molecule has 0 saturated carbocycles. The first kappa shape index (κ1) is 10.7. The Morgan fingerprint density at radius 1 is 1.35 bits per heavy atom. The molecule has 17 heavy (non-hydrogen) atoms. The zero-order valence-electron chi connectivity index (χ0n) is 9.75. The number of nitrogens with zero attached hydrogens (tertiary/aromatic N) is 1. The summed E-state index contributed by atoms with van der Waals surface area (Å²) in [6.45, 7) is 2.01. The molecule has 4 heteroatoms. The third-order valence-electron chi connectivity index (χ3n) is 3.29. The van der Waals surface area contributed by atoms with E-state index in [1.165, 1.54) is 24.1 Å². The van der Waals surface area contributed by atoms with Crippen molar-refractivity contribution < 1.29 is 4.42 Å². The van der Waals surface area contributed by atoms with Gasteiger partial charge in [-0.15, -0.1) is 0 Å². The largest absolute Gasteiger partial charge is 0.461 e. The van der Waals surface area contributed by atoms with E-state index in [0.29, 0.717) is 0 Å². The van der Waals surface area contributed by atoms with Crippen LogP contribution in [0.2, 0.25) is 0 Å². The Kier molecular flexibility index (Phi) is 2.59. The molecule has 0 radical (unpaired) electrons. The Labute approximate surface area is 105 Å². The van der Waals surface area contributed by atoms with E-state index in [0.717, 1.165) is 34.6 Å². The summed E-state index contributed by atoms with van der Waals surface area (Å²) in [6.07, 6.45) is 6.23. The van der Waals surface area contributed by atoms with Crippen molar-refractivity contribution in [2.24, 2.45) is 0 Å². The highest BCUT2D eigenvalue weighted by Crippen LogP contribution is 2.25. The molecular weight excluding hydrogens is 232 g/mol. The zero-order valence-corrected chi connectivity index (χ0v) is 10.6. The monoisotopic (exact) mass is 246 g/mol. The van der Waals surface area contributed by atoms with Crippen molar-refractivity contribution in [2.75, 3.05) is 0 Å². The van der Waals surface area contributed by atoms with Gasteiger partial charge in [0.2, 0.25) is 0 Å². The van der Waals surface area contributed by atoms with Crippen molar-refractivity contribution in [3.05, 3.63) is 33.8 Å². The van der Waals surface area contributed by atoms with Crippen molar-refractivity contribution in [3.63, 3.8) is 0 Å². The molecule has 88 valence electrons. The van der Waals surface area contributed by atoms with Crippen LogP contribution < -0.4 is 0 Å². The lowest BCUT2D eigenvalue weighted by Crippen LogP contribution is -2.08. The van der Waals surface area contributed by atoms with Crippen LogP contribution in [0.5, 0.6) is 0 Å². The van der Waals surface area contributed by atoms with Crippen LogP contribution in [-0.2, 0) is 12.8 Å². The van der Waals surface area contributed by atoms with Gasteiger partial charge < -0.3 is 9.40 Å². The van der Waals surface area contributed by atoms with Gasteiger partial charge in [0, 0.05) is 11.3 Å². The standard InChI is InChI=1S/C13H14N2OS/c1-8-6-7-16-11(8)12-14-10-5-3-2-4-9(10)13(17)15-12/h6-7H,2-5H2,1H3,(H,14,15,17). The molecule has 2 aromatic heterocycles. The number of nitrogens with one attached hydrogen (secondary N) is 1. The van der Waals surface area contributed by atoms with Crippen LogP contribution in [-0.4, -0.2) is 9.97 Å². The number of rotatable bonds is 1. The van der Waals surface area contributed by atoms with Crippen molar-refractivity contribution in [2.45, 2.75) is 32.6 Å². The SMILES string of the molecule is Cc1ccoc1-c1nc(=S)c2c([nH]1)CCCC2. The van der Waals surface area contributed by atoms with Gasteiger partial charge in [0.05, 0.1) is 6.26 Å². The predicted octanol–water partition coefficient (Wildman–Crippen LogP) is 3.59. The third-order valence-corrected chi connectivity index (χ3v) is 3.62. The third kappa shape index (κ3) is 1.82. The molecule has 0 unspecified atom stereocenters. The van der Waals surface area contributed by atoms with E-state index in [4.69, 9.17) is 16.6 Å². The zero-order chi connectivity index (χ0) is 11.8. The Hall–Kier alpha value is -1.42. The molecule has 1 aliphatic rings. The Balaban J connectivity index is 2.17. The summed E-state index contributed by atoms with van der Waals surface area (Å²) in [5.41, 5.74) is 3.54. The Morgan fingerprint density at radius 2 is 2.18 bits per heavy atom. The summed E-state index contributed by atoms with van der Waals surface area (Å²) < 4.78 is 6.18. The summed E-state index contributed by atoms with van der Waals surface area (Å²) in [5.74, 6) is 1.56. The van der Waals surface area contributed by atoms with E-state index < -0.39 is 0 Å². The fourth-order valence-corrected chi connectivity index (χ4v) is 2.66. The minimum Gasteiger partial charge on any atom is -0.461 e. The number of aromatic amines is 1. The average Bonchev–Trinajstić information content (AvgIpc) is 2.75. The molecule has 3 nitrogen and oxygen atoms in total. The second-order valence-electron chi connectivity index (χ2n) is 4.49. The highest BCUT2D eigenvalue weighted by Gasteiger charge is 2.15. The second kappa shape index (κ2) is 4.11. The molecule has 3 rings (SSSR count). The van der Waals surface area contributed by atoms with E-state index in [2.05, 4.69) is 9.97 Å². The number of H-pyrrole nitrogens is 1. The van der Waals surface area contributed by atoms with Crippen molar-refractivity contribution >= 4 is 12.2 Å². The molecule has 1 aliphatic carbocycles. The van der Waals surface area contributed by atoms with Gasteiger partial charge in [-0.1, -0.05) is 12.2 Å². The summed E-state index contributed by atoms with van der Waals surface area (Å²) in [6, 6.07) is 1.94. The van der Waals surface area contributed by atoms with E-state index in [9.17, 15) is 0 Å². The average molecular weight is 246 g/mol. The molecule has 0 atom stereocenters. The fourth-order valence-electron chi connectivity index (χ4n) is 2.34. The topological polar surface area (TPSA) is 41.8 Å². The van der Waals surface area contributed by atoms with Gasteiger partial charge in [-0.25, -0.2) is 4.98 Å². The lowest BCUT2D eigenvalue weighted by atomic mass is 9.97. The Bertz CT molecular complexity index is 612. The number of furan rings is 1. The first-order valence-electron chi connectivity index (χ1n) is 5.92. The van der Waals surface area contributed by atoms with Gasteiger partial charge >= 0.3 is 0 Å². The van der Waals surface area contributed by atoms with Gasteiger partial charge in [-0.3, -0.25) is 0 Å². The molecule has 0 bridgehead atoms. The normalized spacial score (nSPS) is 14.6. The maximum atomic E-state index is 5.46. The van der Waals surface area contributed by atoms with Crippen LogP contribution in [0.1, 0.15) is 29.7 Å². The van der Waals surface area contributed by atoms with Gasteiger partial charge in [0.15, 0.2) is 11.6 Å². The maximum absolute atomic E-state index is 5.46. The van der Waals surface area contributed by atoms with Gasteiger partial charge in [0.1, 0.15) is 4.64 Å². The minimum atomic E-state index is 0.726. The smallest absolute Gasteiger partial charge is 0.175 e. The van der Waals surface area contributed by atoms with Crippen molar-refractivity contribution in [1.29, 1.82) is 0 Å². The molecular formula is C13H14N2OS. The maximum Gasteiger partial charge on any atom is 0.175 e. The van der Waals surface area contributed by atoms with Crippen LogP contribution in [0.15, 0.2) is 16.7 Å². The van der Waals surface area contributed by atoms with Gasteiger partial charge in [-0.05, 0) is 44.2 Å². The molecule has 0 fully saturated rings. The second-order valence-corrected chi connectivity index (χ2v) is 4.87. The van der Waals surface area contributed by atoms with E-state index in [-0.39, 0.29) is 0 Å². The van der Waals surface area contributed by atoms with Crippen LogP contribution in [0.25, 0.3) is 11.6 Å². The number of hydrogen-bond donors (Lipinski definition) is 1. The summed E-state index contributed by atoms with van der Waals surface area (Å²) in [4.78, 5) is 7.83. The Morgan fingerprint density at radius 3 is 2.94 bits per heavy atom. The fraction of sp³-hybridized carbons (Fsp3) is 0.385. The predicted molar refractivity (Wildman–Crippen MR) is 68.5 cm³/mol. The number of hydrogen-bond acceptors (Lipinski definition) is 3. The number of fused-ring (bicyclic) bond motifs is 1. The summed E-state index contributed by atoms with van der Waals surface area (Å²) in [5, 5.41) is 0. The van der Waals surface area contributed by atoms with E-state index >= 15 is 0 Å². The van der Waals surface area contributed by atoms with Crippen LogP contribution in [0, 0.1) is 11.6 Å². The molecule has 2 heterocycles. The highest BCUT2D eigenvalue weighted by molar-refractivity contribution is 7.71. The van der Waals surface area contributed by atoms with Gasteiger partial charge in [-0.2, -0.15) is 0 Å².